The molecule has 1 saturated carbocycles. The van der Waals surface area contributed by atoms with E-state index in [1.165, 1.54) is 6.42 Å². The quantitative estimate of drug-likeness (QED) is 0.440. The number of aromatic nitrogens is 1. The molecule has 1 unspecified atom stereocenters. The molecule has 2 saturated heterocycles. The fourth-order valence-electron chi connectivity index (χ4n) is 5.98. The molecule has 1 N–H and O–H groups in total. The Kier molecular flexibility index (Phi) is 6.60. The van der Waals surface area contributed by atoms with Crippen molar-refractivity contribution in [3.8, 4) is 17.0 Å². The lowest BCUT2D eigenvalue weighted by Crippen LogP contribution is -2.35. The van der Waals surface area contributed by atoms with Crippen molar-refractivity contribution in [2.24, 2.45) is 17.8 Å². The van der Waals surface area contributed by atoms with E-state index < -0.39 is 5.97 Å². The van der Waals surface area contributed by atoms with Crippen LogP contribution in [0.2, 0.25) is 0 Å². The van der Waals surface area contributed by atoms with Crippen LogP contribution in [0.5, 0.6) is 5.75 Å². The van der Waals surface area contributed by atoms with Gasteiger partial charge in [-0.15, -0.1) is 11.3 Å². The predicted molar refractivity (Wildman–Crippen MR) is 148 cm³/mol. The van der Waals surface area contributed by atoms with Gasteiger partial charge in [0.2, 0.25) is 0 Å². The molecule has 3 atom stereocenters. The molecule has 7 nitrogen and oxygen atoms in total. The van der Waals surface area contributed by atoms with Gasteiger partial charge in [-0.1, -0.05) is 17.7 Å². The largest absolute Gasteiger partial charge is 0.488 e. The lowest BCUT2D eigenvalue weighted by atomic mass is 10.0. The molecule has 1 amide bonds. The second kappa shape index (κ2) is 10.1. The summed E-state index contributed by atoms with van der Waals surface area (Å²) in [5, 5.41) is 12.3. The average Bonchev–Trinajstić information content (AvgIpc) is 3.23. The smallest absolute Gasteiger partial charge is 0.307 e. The minimum absolute atomic E-state index is 0.120. The van der Waals surface area contributed by atoms with Gasteiger partial charge >= 0.3 is 5.97 Å². The van der Waals surface area contributed by atoms with E-state index in [-0.39, 0.29) is 23.7 Å². The maximum atomic E-state index is 12.9. The van der Waals surface area contributed by atoms with Crippen LogP contribution in [0.15, 0.2) is 41.8 Å². The third-order valence-electron chi connectivity index (χ3n) is 8.27. The number of aryl methyl sites for hydroxylation is 2. The number of carbonyl (C=O) groups is 2. The Morgan fingerprint density at radius 3 is 2.53 bits per heavy atom. The Labute approximate surface area is 227 Å². The number of benzene rings is 2. The van der Waals surface area contributed by atoms with Crippen LogP contribution in [0.25, 0.3) is 11.3 Å². The number of anilines is 1. The number of aliphatic carboxylic acids is 1. The highest BCUT2D eigenvalue weighted by molar-refractivity contribution is 7.14. The third-order valence-corrected chi connectivity index (χ3v) is 9.17. The monoisotopic (exact) mass is 531 g/mol. The van der Waals surface area contributed by atoms with Crippen LogP contribution in [0.1, 0.15) is 46.3 Å². The zero-order valence-electron chi connectivity index (χ0n) is 21.9. The van der Waals surface area contributed by atoms with E-state index in [2.05, 4.69) is 23.3 Å². The highest BCUT2D eigenvalue weighted by atomic mass is 32.1. The van der Waals surface area contributed by atoms with Crippen LogP contribution in [-0.4, -0.2) is 53.0 Å². The standard InChI is InChI=1S/C30H33N3O4S/c1-18-6-9-26(37-16-21-8-7-20(13-19(21)2)28(34)32-10-4-3-5-11-32)22(12-18)25-17-38-30(31-25)33-14-23-24(15-33)27(23)29(35)36/h6-9,12-13,17,23-24,27H,3-5,10-11,14-16H2,1-2H3,(H,35,36)/t23-,24+,27?. The summed E-state index contributed by atoms with van der Waals surface area (Å²) in [5.74, 6) is 0.553. The molecule has 3 aromatic rings. The summed E-state index contributed by atoms with van der Waals surface area (Å²) >= 11 is 1.60. The molecule has 8 heteroatoms. The summed E-state index contributed by atoms with van der Waals surface area (Å²) < 4.78 is 6.32. The lowest BCUT2D eigenvalue weighted by molar-refractivity contribution is -0.139. The van der Waals surface area contributed by atoms with Crippen LogP contribution >= 0.6 is 11.3 Å². The zero-order chi connectivity index (χ0) is 26.4. The molecule has 3 aliphatic rings. The van der Waals surface area contributed by atoms with Gasteiger partial charge in [0, 0.05) is 42.7 Å². The predicted octanol–water partition coefficient (Wildman–Crippen LogP) is 5.40. The first-order valence-corrected chi connectivity index (χ1v) is 14.3. The summed E-state index contributed by atoms with van der Waals surface area (Å²) in [7, 11) is 0. The summed E-state index contributed by atoms with van der Waals surface area (Å²) in [6.45, 7) is 7.72. The van der Waals surface area contributed by atoms with Crippen molar-refractivity contribution in [3.63, 3.8) is 0 Å². The summed E-state index contributed by atoms with van der Waals surface area (Å²) in [6, 6.07) is 12.0. The molecule has 3 fully saturated rings. The van der Waals surface area contributed by atoms with Crippen LogP contribution < -0.4 is 9.64 Å². The first-order valence-electron chi connectivity index (χ1n) is 13.4. The van der Waals surface area contributed by atoms with E-state index in [0.29, 0.717) is 6.61 Å². The van der Waals surface area contributed by atoms with E-state index in [1.54, 1.807) is 11.3 Å². The van der Waals surface area contributed by atoms with Gasteiger partial charge in [0.15, 0.2) is 5.13 Å². The van der Waals surface area contributed by atoms with Crippen molar-refractivity contribution in [3.05, 3.63) is 64.0 Å². The van der Waals surface area contributed by atoms with Crippen molar-refractivity contribution in [2.45, 2.75) is 39.7 Å². The number of carboxylic acid groups (broad SMARTS) is 1. The number of hydrogen-bond donors (Lipinski definition) is 1. The van der Waals surface area contributed by atoms with Crippen molar-refractivity contribution < 1.29 is 19.4 Å². The fourth-order valence-corrected chi connectivity index (χ4v) is 6.82. The highest BCUT2D eigenvalue weighted by Gasteiger charge is 2.60. The number of rotatable bonds is 7. The molecule has 2 aliphatic heterocycles. The van der Waals surface area contributed by atoms with Crippen molar-refractivity contribution in [2.75, 3.05) is 31.1 Å². The normalized spacial score (nSPS) is 22.3. The molecule has 6 rings (SSSR count). The minimum atomic E-state index is -0.667. The number of likely N-dealkylation sites (tertiary alicyclic amines) is 1. The number of nitrogens with zero attached hydrogens (tertiary/aromatic N) is 3. The second-order valence-corrected chi connectivity index (χ2v) is 11.7. The molecule has 1 aliphatic carbocycles. The van der Waals surface area contributed by atoms with E-state index in [9.17, 15) is 14.7 Å². The second-order valence-electron chi connectivity index (χ2n) is 10.9. The molecule has 38 heavy (non-hydrogen) atoms. The minimum Gasteiger partial charge on any atom is -0.488 e. The molecular weight excluding hydrogens is 498 g/mol. The first-order chi connectivity index (χ1) is 18.4. The number of hydrogen-bond acceptors (Lipinski definition) is 6. The average molecular weight is 532 g/mol. The van der Waals surface area contributed by atoms with Gasteiger partial charge in [0.1, 0.15) is 12.4 Å². The van der Waals surface area contributed by atoms with Crippen molar-refractivity contribution in [1.82, 2.24) is 9.88 Å². The topological polar surface area (TPSA) is 83.0 Å². The molecular formula is C30H33N3O4S. The number of thiazole rings is 1. The van der Waals surface area contributed by atoms with Crippen LogP contribution in [0.3, 0.4) is 0 Å². The van der Waals surface area contributed by atoms with Gasteiger partial charge in [0.25, 0.3) is 5.91 Å². The molecule has 198 valence electrons. The fraction of sp³-hybridized carbons (Fsp3) is 0.433. The summed E-state index contributed by atoms with van der Waals surface area (Å²) in [6.07, 6.45) is 3.37. The number of ether oxygens (including phenoxy) is 1. The maximum absolute atomic E-state index is 12.9. The van der Waals surface area contributed by atoms with Gasteiger partial charge in [-0.3, -0.25) is 9.59 Å². The Balaban J connectivity index is 1.15. The van der Waals surface area contributed by atoms with Gasteiger partial charge in [-0.05, 0) is 80.3 Å². The molecule has 0 spiro atoms. The number of amides is 1. The Morgan fingerprint density at radius 1 is 1.05 bits per heavy atom. The Hall–Kier alpha value is -3.39. The molecule has 0 radical (unpaired) electrons. The lowest BCUT2D eigenvalue weighted by Gasteiger charge is -2.27. The number of fused-ring (bicyclic) bond motifs is 1. The number of piperidine rings is 2. The van der Waals surface area contributed by atoms with Crippen LogP contribution in [0, 0.1) is 31.6 Å². The van der Waals surface area contributed by atoms with Crippen LogP contribution in [-0.2, 0) is 11.4 Å². The number of carbonyl (C=O) groups excluding carboxylic acids is 1. The van der Waals surface area contributed by atoms with E-state index in [4.69, 9.17) is 9.72 Å². The van der Waals surface area contributed by atoms with Gasteiger partial charge in [0.05, 0.1) is 11.6 Å². The molecule has 1 aromatic heterocycles. The SMILES string of the molecule is Cc1ccc(OCc2ccc(C(=O)N3CCCCC3)cc2C)c(-c2csc(N3C[C@@H]4C(C(=O)O)[C@@H]4C3)n2)c1. The number of carboxylic acids is 1. The molecule has 2 aromatic carbocycles. The van der Waals surface area contributed by atoms with Gasteiger partial charge in [-0.2, -0.15) is 0 Å². The van der Waals surface area contributed by atoms with E-state index in [1.807, 2.05) is 42.2 Å². The van der Waals surface area contributed by atoms with Crippen molar-refractivity contribution in [1.29, 1.82) is 0 Å². The maximum Gasteiger partial charge on any atom is 0.307 e. The van der Waals surface area contributed by atoms with Crippen LogP contribution in [0.4, 0.5) is 5.13 Å². The molecule has 3 heterocycles. The van der Waals surface area contributed by atoms with E-state index in [0.717, 1.165) is 83.4 Å². The Morgan fingerprint density at radius 2 is 1.82 bits per heavy atom. The zero-order valence-corrected chi connectivity index (χ0v) is 22.7. The summed E-state index contributed by atoms with van der Waals surface area (Å²) in [4.78, 5) is 33.3. The van der Waals surface area contributed by atoms with Gasteiger partial charge in [-0.25, -0.2) is 4.98 Å². The molecule has 0 bridgehead atoms. The first kappa shape index (κ1) is 24.9. The van der Waals surface area contributed by atoms with E-state index >= 15 is 0 Å². The van der Waals surface area contributed by atoms with Gasteiger partial charge < -0.3 is 19.6 Å². The van der Waals surface area contributed by atoms with Crippen molar-refractivity contribution >= 4 is 28.3 Å². The third kappa shape index (κ3) is 4.77. The highest BCUT2D eigenvalue weighted by Crippen LogP contribution is 2.53. The summed E-state index contributed by atoms with van der Waals surface area (Å²) in [5.41, 5.74) is 5.80. The Bertz CT molecular complexity index is 1370.